The summed E-state index contributed by atoms with van der Waals surface area (Å²) in [5, 5.41) is 10.6. The van der Waals surface area contributed by atoms with Crippen LogP contribution in [-0.4, -0.2) is 21.6 Å². The van der Waals surface area contributed by atoms with E-state index in [0.717, 1.165) is 29.2 Å². The molecule has 0 unspecified atom stereocenters. The fourth-order valence-corrected chi connectivity index (χ4v) is 3.69. The largest absolute Gasteiger partial charge is 0.481 e. The smallest absolute Gasteiger partial charge is 0.416 e. The van der Waals surface area contributed by atoms with Gasteiger partial charge in [-0.15, -0.1) is 0 Å². The normalized spacial score (nSPS) is 11.5. The maximum Gasteiger partial charge on any atom is 0.416 e. The molecule has 0 spiro atoms. The summed E-state index contributed by atoms with van der Waals surface area (Å²) in [6, 6.07) is 12.7. The number of alkyl halides is 3. The van der Waals surface area contributed by atoms with Crippen LogP contribution in [0, 0.1) is 18.3 Å². The van der Waals surface area contributed by atoms with Crippen LogP contribution in [0.25, 0.3) is 22.2 Å². The molecule has 32 heavy (non-hydrogen) atoms. The summed E-state index contributed by atoms with van der Waals surface area (Å²) >= 11 is 0. The van der Waals surface area contributed by atoms with Crippen molar-refractivity contribution in [2.24, 2.45) is 7.05 Å². The molecule has 0 aliphatic heterocycles. The van der Waals surface area contributed by atoms with Crippen LogP contribution in [0.4, 0.5) is 13.2 Å². The summed E-state index contributed by atoms with van der Waals surface area (Å²) in [4.78, 5) is 8.86. The lowest BCUT2D eigenvalue weighted by atomic mass is 9.96. The maximum absolute atomic E-state index is 12.9. The van der Waals surface area contributed by atoms with Crippen LogP contribution in [0.2, 0.25) is 0 Å². The minimum absolute atomic E-state index is 0.211. The third-order valence-electron chi connectivity index (χ3n) is 5.53. The summed E-state index contributed by atoms with van der Waals surface area (Å²) in [5.41, 5.74) is 3.18. The molecule has 162 valence electrons. The minimum Gasteiger partial charge on any atom is -0.481 e. The van der Waals surface area contributed by atoms with Crippen LogP contribution in [0.3, 0.4) is 0 Å². The van der Waals surface area contributed by atoms with Crippen LogP contribution in [0.5, 0.6) is 5.88 Å². The highest BCUT2D eigenvalue weighted by molar-refractivity contribution is 5.90. The van der Waals surface area contributed by atoms with Crippen molar-refractivity contribution in [2.75, 3.05) is 7.11 Å². The number of imidazole rings is 1. The number of halogens is 3. The number of nitriles is 1. The molecular formula is C24H19F3N4O. The fourth-order valence-electron chi connectivity index (χ4n) is 3.69. The van der Waals surface area contributed by atoms with E-state index in [1.54, 1.807) is 6.20 Å². The zero-order valence-corrected chi connectivity index (χ0v) is 17.7. The van der Waals surface area contributed by atoms with E-state index in [1.807, 2.05) is 36.7 Å². The number of benzene rings is 2. The zero-order valence-electron chi connectivity index (χ0n) is 17.7. The van der Waals surface area contributed by atoms with Crippen LogP contribution in [0.1, 0.15) is 28.1 Å². The first kappa shape index (κ1) is 21.4. The highest BCUT2D eigenvalue weighted by Gasteiger charge is 2.30. The Balaban J connectivity index is 1.84. The van der Waals surface area contributed by atoms with E-state index in [-0.39, 0.29) is 12.3 Å². The molecule has 2 aromatic heterocycles. The number of ether oxygens (including phenoxy) is 1. The first-order valence-electron chi connectivity index (χ1n) is 9.78. The van der Waals surface area contributed by atoms with Gasteiger partial charge >= 0.3 is 6.18 Å². The van der Waals surface area contributed by atoms with Crippen molar-refractivity contribution in [1.29, 1.82) is 5.26 Å². The molecule has 4 aromatic rings. The van der Waals surface area contributed by atoms with Gasteiger partial charge in [0.05, 0.1) is 35.6 Å². The van der Waals surface area contributed by atoms with Crippen molar-refractivity contribution in [2.45, 2.75) is 19.5 Å². The molecule has 8 heteroatoms. The van der Waals surface area contributed by atoms with Crippen LogP contribution in [-0.2, 0) is 19.6 Å². The van der Waals surface area contributed by atoms with Gasteiger partial charge < -0.3 is 9.30 Å². The number of fused-ring (bicyclic) bond motifs is 1. The van der Waals surface area contributed by atoms with Gasteiger partial charge in [-0.2, -0.15) is 18.4 Å². The molecule has 0 atom stereocenters. The van der Waals surface area contributed by atoms with Crippen LogP contribution < -0.4 is 4.74 Å². The van der Waals surface area contributed by atoms with E-state index in [2.05, 4.69) is 16.0 Å². The SMILES string of the molecule is COc1nc2ccc(-c3cnc(C)n3C)cc2c(C#N)c1Cc1ccc(C(F)(F)F)cc1. The second-order valence-corrected chi connectivity index (χ2v) is 7.44. The van der Waals surface area contributed by atoms with Crippen LogP contribution in [0.15, 0.2) is 48.7 Å². The highest BCUT2D eigenvalue weighted by atomic mass is 19.4. The Morgan fingerprint density at radius 2 is 1.84 bits per heavy atom. The van der Waals surface area contributed by atoms with E-state index < -0.39 is 11.7 Å². The molecule has 2 heterocycles. The van der Waals surface area contributed by atoms with E-state index in [0.29, 0.717) is 27.6 Å². The van der Waals surface area contributed by atoms with Gasteiger partial charge in [0.1, 0.15) is 11.9 Å². The van der Waals surface area contributed by atoms with Gasteiger partial charge in [-0.25, -0.2) is 9.97 Å². The summed E-state index contributed by atoms with van der Waals surface area (Å²) in [5.74, 6) is 1.13. The number of aryl methyl sites for hydroxylation is 1. The Kier molecular flexibility index (Phi) is 5.35. The Morgan fingerprint density at radius 1 is 1.12 bits per heavy atom. The van der Waals surface area contributed by atoms with E-state index in [4.69, 9.17) is 4.74 Å². The fraction of sp³-hybridized carbons (Fsp3) is 0.208. The van der Waals surface area contributed by atoms with Crippen molar-refractivity contribution in [1.82, 2.24) is 14.5 Å². The number of aromatic nitrogens is 3. The third-order valence-corrected chi connectivity index (χ3v) is 5.53. The van der Waals surface area contributed by atoms with Gasteiger partial charge in [0.2, 0.25) is 5.88 Å². The molecule has 0 N–H and O–H groups in total. The van der Waals surface area contributed by atoms with Crippen molar-refractivity contribution in [3.63, 3.8) is 0 Å². The van der Waals surface area contributed by atoms with Gasteiger partial charge in [0.15, 0.2) is 0 Å². The highest BCUT2D eigenvalue weighted by Crippen LogP contribution is 2.34. The molecule has 0 bridgehead atoms. The Morgan fingerprint density at radius 3 is 2.41 bits per heavy atom. The minimum atomic E-state index is -4.40. The third kappa shape index (κ3) is 3.78. The maximum atomic E-state index is 12.9. The predicted molar refractivity (Wildman–Crippen MR) is 114 cm³/mol. The van der Waals surface area contributed by atoms with E-state index in [9.17, 15) is 18.4 Å². The first-order valence-corrected chi connectivity index (χ1v) is 9.78. The molecule has 2 aromatic carbocycles. The van der Waals surface area contributed by atoms with Crippen LogP contribution >= 0.6 is 0 Å². The molecule has 0 aliphatic carbocycles. The second-order valence-electron chi connectivity index (χ2n) is 7.44. The standard InChI is InChI=1S/C24H19F3N4O/c1-14-29-13-22(31(14)2)16-6-9-21-18(11-16)20(12-28)19(23(30-21)32-3)10-15-4-7-17(8-5-15)24(25,26)27/h4-9,11,13H,10H2,1-3H3. The molecule has 0 aliphatic rings. The number of rotatable bonds is 4. The van der Waals surface area contributed by atoms with Crippen molar-refractivity contribution >= 4 is 10.9 Å². The predicted octanol–water partition coefficient (Wildman–Crippen LogP) is 5.43. The summed E-state index contributed by atoms with van der Waals surface area (Å²) < 4.78 is 46.0. The van der Waals surface area contributed by atoms with Crippen molar-refractivity contribution in [3.8, 4) is 23.2 Å². The number of nitrogens with zero attached hydrogens (tertiary/aromatic N) is 4. The van der Waals surface area contributed by atoms with Gasteiger partial charge in [0.25, 0.3) is 0 Å². The van der Waals surface area contributed by atoms with Crippen molar-refractivity contribution < 1.29 is 17.9 Å². The lowest BCUT2D eigenvalue weighted by Gasteiger charge is -2.14. The topological polar surface area (TPSA) is 63.7 Å². The first-order chi connectivity index (χ1) is 15.2. The Hall–Kier alpha value is -3.86. The Bertz CT molecular complexity index is 1350. The second kappa shape index (κ2) is 8.00. The number of methoxy groups -OCH3 is 1. The average molecular weight is 436 g/mol. The summed E-state index contributed by atoms with van der Waals surface area (Å²) in [6.07, 6.45) is -2.43. The lowest BCUT2D eigenvalue weighted by molar-refractivity contribution is -0.137. The van der Waals surface area contributed by atoms with Gasteiger partial charge in [0, 0.05) is 30.0 Å². The van der Waals surface area contributed by atoms with Gasteiger partial charge in [-0.05, 0) is 36.8 Å². The lowest BCUT2D eigenvalue weighted by Crippen LogP contribution is -2.05. The molecule has 4 rings (SSSR count). The molecule has 0 saturated carbocycles. The summed E-state index contributed by atoms with van der Waals surface area (Å²) in [6.45, 7) is 1.90. The molecule has 0 saturated heterocycles. The van der Waals surface area contributed by atoms with Gasteiger partial charge in [-0.3, -0.25) is 0 Å². The number of pyridine rings is 1. The quantitative estimate of drug-likeness (QED) is 0.428. The summed E-state index contributed by atoms with van der Waals surface area (Å²) in [7, 11) is 3.37. The van der Waals surface area contributed by atoms with Crippen molar-refractivity contribution in [3.05, 3.63) is 76.7 Å². The van der Waals surface area contributed by atoms with Gasteiger partial charge in [-0.1, -0.05) is 18.2 Å². The molecule has 0 radical (unpaired) electrons. The molecule has 0 fully saturated rings. The Labute approximate surface area is 182 Å². The average Bonchev–Trinajstić information content (AvgIpc) is 3.11. The van der Waals surface area contributed by atoms with E-state index in [1.165, 1.54) is 19.2 Å². The molecular weight excluding hydrogens is 417 g/mol. The molecule has 5 nitrogen and oxygen atoms in total. The monoisotopic (exact) mass is 436 g/mol. The number of hydrogen-bond acceptors (Lipinski definition) is 4. The van der Waals surface area contributed by atoms with E-state index >= 15 is 0 Å². The number of hydrogen-bond donors (Lipinski definition) is 0. The zero-order chi connectivity index (χ0) is 23.0. The molecule has 0 amide bonds.